The molecule has 8 nitrogen and oxygen atoms in total. The molecule has 2 atom stereocenters. The minimum absolute atomic E-state index is 0.0782. The quantitative estimate of drug-likeness (QED) is 0.594. The Morgan fingerprint density at radius 1 is 1.14 bits per heavy atom. The van der Waals surface area contributed by atoms with Gasteiger partial charge in [-0.15, -0.1) is 0 Å². The summed E-state index contributed by atoms with van der Waals surface area (Å²) in [5, 5.41) is 0. The van der Waals surface area contributed by atoms with Gasteiger partial charge in [-0.3, -0.25) is 9.80 Å². The fourth-order valence-corrected chi connectivity index (χ4v) is 5.52. The average Bonchev–Trinajstić information content (AvgIpc) is 3.20. The van der Waals surface area contributed by atoms with E-state index in [9.17, 15) is 9.18 Å². The van der Waals surface area contributed by atoms with Crippen LogP contribution in [0.5, 0.6) is 6.01 Å². The molecule has 1 aliphatic carbocycles. The van der Waals surface area contributed by atoms with E-state index in [-0.39, 0.29) is 11.5 Å². The van der Waals surface area contributed by atoms with E-state index in [1.165, 1.54) is 6.42 Å². The normalized spacial score (nSPS) is 26.1. The van der Waals surface area contributed by atoms with Gasteiger partial charge in [-0.05, 0) is 58.8 Å². The second-order valence-electron chi connectivity index (χ2n) is 12.2. The highest BCUT2D eigenvalue weighted by molar-refractivity contribution is 5.70. The summed E-state index contributed by atoms with van der Waals surface area (Å²) in [7, 11) is 0. The van der Waals surface area contributed by atoms with Crippen molar-refractivity contribution in [3.05, 3.63) is 11.3 Å². The highest BCUT2D eigenvalue weighted by Crippen LogP contribution is 2.47. The number of carbonyl (C=O) groups excluding carboxylic acids is 1. The summed E-state index contributed by atoms with van der Waals surface area (Å²) in [4.78, 5) is 28.7. The maximum Gasteiger partial charge on any atom is 0.410 e. The largest absolute Gasteiger partial charge is 0.463 e. The number of halogens is 1. The number of piperidine rings is 1. The Kier molecular flexibility index (Phi) is 6.57. The molecule has 0 unspecified atom stereocenters. The number of amides is 1. The van der Waals surface area contributed by atoms with Gasteiger partial charge in [0.15, 0.2) is 0 Å². The Morgan fingerprint density at radius 2 is 1.94 bits per heavy atom. The number of fused-ring (bicyclic) bond motifs is 1. The van der Waals surface area contributed by atoms with Crippen molar-refractivity contribution < 1.29 is 18.7 Å². The van der Waals surface area contributed by atoms with Gasteiger partial charge in [0.2, 0.25) is 0 Å². The van der Waals surface area contributed by atoms with Crippen LogP contribution in [0.4, 0.5) is 15.0 Å². The maximum atomic E-state index is 13.6. The van der Waals surface area contributed by atoms with Crippen molar-refractivity contribution in [1.82, 2.24) is 19.8 Å². The lowest BCUT2D eigenvalue weighted by atomic mass is 10.00. The minimum Gasteiger partial charge on any atom is -0.463 e. The topological polar surface area (TPSA) is 71.0 Å². The third-order valence-corrected chi connectivity index (χ3v) is 7.59. The van der Waals surface area contributed by atoms with Crippen molar-refractivity contribution in [3.63, 3.8) is 0 Å². The molecule has 3 aliphatic heterocycles. The predicted molar refractivity (Wildman–Crippen MR) is 131 cm³/mol. The molecule has 0 radical (unpaired) electrons. The van der Waals surface area contributed by atoms with Crippen LogP contribution in [0.25, 0.3) is 0 Å². The first-order chi connectivity index (χ1) is 16.6. The summed E-state index contributed by atoms with van der Waals surface area (Å²) in [5.41, 5.74) is 1.38. The van der Waals surface area contributed by atoms with Crippen molar-refractivity contribution >= 4 is 11.9 Å². The van der Waals surface area contributed by atoms with Crippen LogP contribution in [0, 0.1) is 11.3 Å². The first kappa shape index (κ1) is 24.5. The fourth-order valence-electron chi connectivity index (χ4n) is 5.52. The fraction of sp³-hybridized carbons (Fsp3) is 0.808. The molecular weight excluding hydrogens is 449 g/mol. The molecule has 9 heteroatoms. The van der Waals surface area contributed by atoms with Gasteiger partial charge in [0.05, 0.1) is 25.4 Å². The Labute approximate surface area is 208 Å². The van der Waals surface area contributed by atoms with Gasteiger partial charge in [0, 0.05) is 43.7 Å². The van der Waals surface area contributed by atoms with Gasteiger partial charge >= 0.3 is 12.1 Å². The molecule has 0 bridgehead atoms. The van der Waals surface area contributed by atoms with Gasteiger partial charge < -0.3 is 14.4 Å². The number of hydrogen-bond acceptors (Lipinski definition) is 7. The molecule has 3 fully saturated rings. The van der Waals surface area contributed by atoms with Crippen LogP contribution < -0.4 is 9.64 Å². The standard InChI is InChI=1S/C26H40FN5O3/c1-18-6-5-10-31(12-18)22-20-14-32(24(33)35-25(2,3)4)15-21(20)28-23(29-22)34-17-26(8-9-26)16-30-11-7-19(27)13-30/h18-19H,5-17H2,1-4H3/t18-,19+/m0/s1. The van der Waals surface area contributed by atoms with Crippen LogP contribution >= 0.6 is 0 Å². The molecule has 35 heavy (non-hydrogen) atoms. The molecule has 4 heterocycles. The first-order valence-corrected chi connectivity index (χ1v) is 13.2. The maximum absolute atomic E-state index is 13.6. The summed E-state index contributed by atoms with van der Waals surface area (Å²) in [5.74, 6) is 1.49. The number of likely N-dealkylation sites (tertiary alicyclic amines) is 1. The Bertz CT molecular complexity index is 948. The van der Waals surface area contributed by atoms with Crippen molar-refractivity contribution in [3.8, 4) is 6.01 Å². The smallest absolute Gasteiger partial charge is 0.410 e. The van der Waals surface area contributed by atoms with E-state index in [4.69, 9.17) is 19.4 Å². The number of rotatable bonds is 6. The summed E-state index contributed by atoms with van der Waals surface area (Å²) >= 11 is 0. The molecular formula is C26H40FN5O3. The van der Waals surface area contributed by atoms with Crippen LogP contribution in [0.2, 0.25) is 0 Å². The summed E-state index contributed by atoms with van der Waals surface area (Å²) < 4.78 is 25.5. The molecule has 5 rings (SSSR count). The highest BCUT2D eigenvalue weighted by atomic mass is 19.1. The SMILES string of the molecule is C[C@H]1CCCN(c2nc(OCC3(CN4CC[C@@H](F)C4)CC3)nc3c2CN(C(=O)OC(C)(C)C)C3)C1. The van der Waals surface area contributed by atoms with Crippen LogP contribution in [-0.4, -0.2) is 77.0 Å². The molecule has 1 saturated carbocycles. The van der Waals surface area contributed by atoms with E-state index >= 15 is 0 Å². The van der Waals surface area contributed by atoms with E-state index in [0.717, 1.165) is 62.5 Å². The summed E-state index contributed by atoms with van der Waals surface area (Å²) in [6.07, 6.45) is 4.13. The van der Waals surface area contributed by atoms with Crippen molar-refractivity contribution in [2.24, 2.45) is 11.3 Å². The lowest BCUT2D eigenvalue weighted by Gasteiger charge is -2.33. The van der Waals surface area contributed by atoms with Crippen LogP contribution in [0.15, 0.2) is 0 Å². The van der Waals surface area contributed by atoms with E-state index < -0.39 is 11.8 Å². The molecule has 1 aromatic heterocycles. The van der Waals surface area contributed by atoms with E-state index in [1.54, 1.807) is 4.90 Å². The molecule has 2 saturated heterocycles. The lowest BCUT2D eigenvalue weighted by molar-refractivity contribution is 0.0240. The predicted octanol–water partition coefficient (Wildman–Crippen LogP) is 4.17. The van der Waals surface area contributed by atoms with Gasteiger partial charge in [-0.2, -0.15) is 9.97 Å². The molecule has 0 spiro atoms. The molecule has 0 N–H and O–H groups in total. The highest BCUT2D eigenvalue weighted by Gasteiger charge is 2.46. The van der Waals surface area contributed by atoms with E-state index in [0.29, 0.717) is 44.6 Å². The monoisotopic (exact) mass is 489 g/mol. The van der Waals surface area contributed by atoms with Gasteiger partial charge in [-0.1, -0.05) is 6.92 Å². The van der Waals surface area contributed by atoms with Crippen molar-refractivity contribution in [2.45, 2.75) is 84.7 Å². The third-order valence-electron chi connectivity index (χ3n) is 7.59. The van der Waals surface area contributed by atoms with Crippen LogP contribution in [0.1, 0.15) is 71.1 Å². The van der Waals surface area contributed by atoms with Crippen LogP contribution in [0.3, 0.4) is 0 Å². The van der Waals surface area contributed by atoms with Crippen molar-refractivity contribution in [1.29, 1.82) is 0 Å². The molecule has 1 amide bonds. The number of aromatic nitrogens is 2. The van der Waals surface area contributed by atoms with Gasteiger partial charge in [-0.25, -0.2) is 9.18 Å². The Hall–Kier alpha value is -2.16. The second kappa shape index (κ2) is 9.37. The second-order valence-corrected chi connectivity index (χ2v) is 12.2. The Morgan fingerprint density at radius 3 is 2.60 bits per heavy atom. The number of ether oxygens (including phenoxy) is 2. The third kappa shape index (κ3) is 5.81. The summed E-state index contributed by atoms with van der Waals surface area (Å²) in [6, 6.07) is 0.388. The average molecular weight is 490 g/mol. The number of alkyl halides is 1. The zero-order valence-corrected chi connectivity index (χ0v) is 21.7. The van der Waals surface area contributed by atoms with Crippen LogP contribution in [-0.2, 0) is 17.8 Å². The van der Waals surface area contributed by atoms with E-state index in [2.05, 4.69) is 16.7 Å². The molecule has 0 aromatic carbocycles. The number of carbonyl (C=O) groups is 1. The lowest BCUT2D eigenvalue weighted by Crippen LogP contribution is -2.36. The Balaban J connectivity index is 1.32. The minimum atomic E-state index is -0.700. The zero-order valence-electron chi connectivity index (χ0n) is 21.7. The van der Waals surface area contributed by atoms with Crippen molar-refractivity contribution in [2.75, 3.05) is 44.2 Å². The van der Waals surface area contributed by atoms with Gasteiger partial charge in [0.25, 0.3) is 0 Å². The van der Waals surface area contributed by atoms with Gasteiger partial charge in [0.1, 0.15) is 17.6 Å². The van der Waals surface area contributed by atoms with E-state index in [1.807, 2.05) is 20.8 Å². The first-order valence-electron chi connectivity index (χ1n) is 13.2. The molecule has 194 valence electrons. The zero-order chi connectivity index (χ0) is 24.8. The summed E-state index contributed by atoms with van der Waals surface area (Å²) in [6.45, 7) is 13.4. The molecule has 1 aromatic rings. The number of nitrogens with zero attached hydrogens (tertiary/aromatic N) is 5. The number of hydrogen-bond donors (Lipinski definition) is 0. The number of anilines is 1. The molecule has 4 aliphatic rings.